The summed E-state index contributed by atoms with van der Waals surface area (Å²) in [5.74, 6) is 1.68. The highest BCUT2D eigenvalue weighted by atomic mass is 32.1. The second kappa shape index (κ2) is 3.39. The summed E-state index contributed by atoms with van der Waals surface area (Å²) in [6.45, 7) is 5.34. The molecule has 1 aliphatic heterocycles. The average Bonchev–Trinajstić information content (AvgIpc) is 2.15. The van der Waals surface area contributed by atoms with E-state index in [0.717, 1.165) is 17.1 Å². The predicted molar refractivity (Wildman–Crippen MR) is 59.4 cm³/mol. The summed E-state index contributed by atoms with van der Waals surface area (Å²) >= 11 is 4.54. The molecule has 1 aliphatic rings. The number of hydrogen-bond acceptors (Lipinski definition) is 3. The molecule has 14 heavy (non-hydrogen) atoms. The van der Waals surface area contributed by atoms with Crippen LogP contribution in [-0.4, -0.2) is 13.2 Å². The zero-order valence-corrected chi connectivity index (χ0v) is 9.30. The first-order chi connectivity index (χ1) is 6.59. The lowest BCUT2D eigenvalue weighted by Gasteiger charge is -2.26. The molecule has 0 spiro atoms. The third kappa shape index (κ3) is 1.69. The summed E-state index contributed by atoms with van der Waals surface area (Å²) in [6.07, 6.45) is 0. The van der Waals surface area contributed by atoms with Crippen molar-refractivity contribution in [3.63, 3.8) is 0 Å². The monoisotopic (exact) mass is 210 g/mol. The van der Waals surface area contributed by atoms with Crippen LogP contribution >= 0.6 is 12.6 Å². The molecule has 1 aromatic rings. The van der Waals surface area contributed by atoms with Crippen molar-refractivity contribution in [2.45, 2.75) is 18.6 Å². The van der Waals surface area contributed by atoms with Crippen LogP contribution in [0.4, 0.5) is 0 Å². The quantitative estimate of drug-likeness (QED) is 0.718. The van der Waals surface area contributed by atoms with Gasteiger partial charge in [-0.1, -0.05) is 12.1 Å². The van der Waals surface area contributed by atoms with Crippen molar-refractivity contribution in [2.24, 2.45) is 0 Å². The van der Waals surface area contributed by atoms with Gasteiger partial charge >= 0.3 is 0 Å². The Hall–Kier alpha value is -0.830. The minimum Gasteiger partial charge on any atom is -0.486 e. The van der Waals surface area contributed by atoms with Gasteiger partial charge in [0.15, 0.2) is 11.5 Å². The molecule has 0 atom stereocenters. The lowest BCUT2D eigenvalue weighted by Crippen LogP contribution is -2.19. The zero-order valence-electron chi connectivity index (χ0n) is 8.41. The van der Waals surface area contributed by atoms with Crippen molar-refractivity contribution in [2.75, 3.05) is 13.2 Å². The van der Waals surface area contributed by atoms with Crippen LogP contribution in [0.25, 0.3) is 0 Å². The minimum atomic E-state index is -0.202. The summed E-state index contributed by atoms with van der Waals surface area (Å²) < 4.78 is 10.9. The Morgan fingerprint density at radius 1 is 1.21 bits per heavy atom. The highest BCUT2D eigenvalue weighted by molar-refractivity contribution is 7.81. The molecule has 0 amide bonds. The molecule has 0 fully saturated rings. The molecule has 0 N–H and O–H groups in total. The second-order valence-corrected chi connectivity index (χ2v) is 5.01. The van der Waals surface area contributed by atoms with Crippen LogP contribution in [0.3, 0.4) is 0 Å². The van der Waals surface area contributed by atoms with E-state index < -0.39 is 0 Å². The van der Waals surface area contributed by atoms with Crippen LogP contribution in [0, 0.1) is 0 Å². The van der Waals surface area contributed by atoms with Crippen molar-refractivity contribution >= 4 is 12.6 Å². The van der Waals surface area contributed by atoms with E-state index in [9.17, 15) is 0 Å². The maximum atomic E-state index is 5.61. The molecule has 0 aliphatic carbocycles. The second-order valence-electron chi connectivity index (χ2n) is 3.89. The van der Waals surface area contributed by atoms with E-state index in [1.807, 2.05) is 32.0 Å². The van der Waals surface area contributed by atoms with Crippen molar-refractivity contribution in [3.8, 4) is 11.5 Å². The van der Waals surface area contributed by atoms with Gasteiger partial charge in [-0.25, -0.2) is 0 Å². The molecule has 0 unspecified atom stereocenters. The molecular weight excluding hydrogens is 196 g/mol. The van der Waals surface area contributed by atoms with Crippen LogP contribution in [0.5, 0.6) is 11.5 Å². The number of fused-ring (bicyclic) bond motifs is 1. The molecule has 76 valence electrons. The Morgan fingerprint density at radius 3 is 2.64 bits per heavy atom. The minimum absolute atomic E-state index is 0.202. The lowest BCUT2D eigenvalue weighted by molar-refractivity contribution is 0.169. The van der Waals surface area contributed by atoms with Gasteiger partial charge in [0, 0.05) is 10.3 Å². The topological polar surface area (TPSA) is 18.5 Å². The number of hydrogen-bond donors (Lipinski definition) is 1. The summed E-state index contributed by atoms with van der Waals surface area (Å²) in [4.78, 5) is 0. The SMILES string of the molecule is CC(C)(S)c1cccc2c1OCCO2. The molecule has 0 saturated heterocycles. The summed E-state index contributed by atoms with van der Waals surface area (Å²) in [5.41, 5.74) is 1.08. The average molecular weight is 210 g/mol. The summed E-state index contributed by atoms with van der Waals surface area (Å²) in [5, 5.41) is 0. The maximum Gasteiger partial charge on any atom is 0.165 e. The van der Waals surface area contributed by atoms with E-state index in [-0.39, 0.29) is 4.75 Å². The molecule has 2 rings (SSSR count). The molecule has 3 heteroatoms. The van der Waals surface area contributed by atoms with Gasteiger partial charge < -0.3 is 9.47 Å². The van der Waals surface area contributed by atoms with Gasteiger partial charge in [0.05, 0.1) is 0 Å². The number of thiol groups is 1. The molecule has 0 radical (unpaired) electrons. The molecule has 0 bridgehead atoms. The summed E-state index contributed by atoms with van der Waals surface area (Å²) in [6, 6.07) is 5.93. The number of benzene rings is 1. The third-order valence-corrected chi connectivity index (χ3v) is 2.47. The van der Waals surface area contributed by atoms with Crippen LogP contribution in [0.2, 0.25) is 0 Å². The Balaban J connectivity index is 2.51. The van der Waals surface area contributed by atoms with Crippen LogP contribution in [-0.2, 0) is 4.75 Å². The Labute approximate surface area is 89.6 Å². The lowest BCUT2D eigenvalue weighted by atomic mass is 10.0. The first-order valence-corrected chi connectivity index (χ1v) is 5.15. The van der Waals surface area contributed by atoms with Crippen LogP contribution in [0.15, 0.2) is 18.2 Å². The van der Waals surface area contributed by atoms with E-state index in [1.165, 1.54) is 0 Å². The Kier molecular flexibility index (Phi) is 2.35. The van der Waals surface area contributed by atoms with E-state index >= 15 is 0 Å². The number of rotatable bonds is 1. The molecule has 0 aromatic heterocycles. The van der Waals surface area contributed by atoms with Gasteiger partial charge in [0.25, 0.3) is 0 Å². The van der Waals surface area contributed by atoms with Gasteiger partial charge in [-0.15, -0.1) is 0 Å². The summed E-state index contributed by atoms with van der Waals surface area (Å²) in [7, 11) is 0. The first-order valence-electron chi connectivity index (χ1n) is 4.70. The number of ether oxygens (including phenoxy) is 2. The van der Waals surface area contributed by atoms with Gasteiger partial charge in [0.1, 0.15) is 13.2 Å². The fourth-order valence-corrected chi connectivity index (χ4v) is 1.73. The van der Waals surface area contributed by atoms with Gasteiger partial charge in [-0.05, 0) is 19.9 Å². The van der Waals surface area contributed by atoms with E-state index in [1.54, 1.807) is 0 Å². The largest absolute Gasteiger partial charge is 0.486 e. The van der Waals surface area contributed by atoms with Gasteiger partial charge in [-0.3, -0.25) is 0 Å². The third-order valence-electron chi connectivity index (χ3n) is 2.23. The Bertz CT molecular complexity index is 342. The molecule has 1 aromatic carbocycles. The fourth-order valence-electron chi connectivity index (χ4n) is 1.56. The highest BCUT2D eigenvalue weighted by Crippen LogP contribution is 2.41. The smallest absolute Gasteiger partial charge is 0.165 e. The normalized spacial score (nSPS) is 15.4. The van der Waals surface area contributed by atoms with Crippen molar-refractivity contribution < 1.29 is 9.47 Å². The van der Waals surface area contributed by atoms with Gasteiger partial charge in [0.2, 0.25) is 0 Å². The highest BCUT2D eigenvalue weighted by Gasteiger charge is 2.24. The number of para-hydroxylation sites is 1. The fraction of sp³-hybridized carbons (Fsp3) is 0.455. The predicted octanol–water partition coefficient (Wildman–Crippen LogP) is 2.62. The first kappa shape index (κ1) is 9.71. The Morgan fingerprint density at radius 2 is 1.93 bits per heavy atom. The van der Waals surface area contributed by atoms with Crippen molar-refractivity contribution in [3.05, 3.63) is 23.8 Å². The van der Waals surface area contributed by atoms with Gasteiger partial charge in [-0.2, -0.15) is 12.6 Å². The van der Waals surface area contributed by atoms with E-state index in [0.29, 0.717) is 13.2 Å². The maximum absolute atomic E-state index is 5.61. The molecular formula is C11H14O2S. The van der Waals surface area contributed by atoms with Crippen molar-refractivity contribution in [1.29, 1.82) is 0 Å². The van der Waals surface area contributed by atoms with E-state index in [2.05, 4.69) is 12.6 Å². The molecule has 0 saturated carbocycles. The van der Waals surface area contributed by atoms with Crippen molar-refractivity contribution in [1.82, 2.24) is 0 Å². The molecule has 1 heterocycles. The zero-order chi connectivity index (χ0) is 10.2. The van der Waals surface area contributed by atoms with Crippen LogP contribution < -0.4 is 9.47 Å². The van der Waals surface area contributed by atoms with E-state index in [4.69, 9.17) is 9.47 Å². The molecule has 2 nitrogen and oxygen atoms in total. The van der Waals surface area contributed by atoms with Crippen LogP contribution in [0.1, 0.15) is 19.4 Å². The standard InChI is InChI=1S/C11H14O2S/c1-11(2,14)8-4-3-5-9-10(8)13-7-6-12-9/h3-5,14H,6-7H2,1-2H3.